The number of hydrogen-bond acceptors (Lipinski definition) is 7. The van der Waals surface area contributed by atoms with Crippen LogP contribution in [0.15, 0.2) is 58.5 Å². The largest absolute Gasteiger partial charge is 0.466 e. The number of H-pyrrole nitrogens is 1. The number of piperidine rings is 1. The number of nitrogens with one attached hydrogen (secondary N) is 1. The number of aryl methyl sites for hydroxylation is 1. The molecule has 0 spiro atoms. The van der Waals surface area contributed by atoms with Gasteiger partial charge < -0.3 is 9.64 Å². The molecule has 1 N–H and O–H groups in total. The zero-order valence-electron chi connectivity index (χ0n) is 23.5. The first-order valence-corrected chi connectivity index (χ1v) is 13.7. The smallest absolute Gasteiger partial charge is 0.416 e. The number of aromatic nitrogens is 3. The number of anilines is 2. The molecule has 5 rings (SSSR count). The van der Waals surface area contributed by atoms with Crippen molar-refractivity contribution in [2.75, 3.05) is 32.1 Å². The van der Waals surface area contributed by atoms with Crippen LogP contribution < -0.4 is 10.6 Å². The van der Waals surface area contributed by atoms with Crippen LogP contribution in [0.2, 0.25) is 0 Å². The van der Waals surface area contributed by atoms with E-state index in [1.165, 1.54) is 28.7 Å². The fourth-order valence-electron chi connectivity index (χ4n) is 6.11. The van der Waals surface area contributed by atoms with Gasteiger partial charge in [0.05, 0.1) is 29.9 Å². The summed E-state index contributed by atoms with van der Waals surface area (Å²) in [6.45, 7) is 3.60. The fraction of sp³-hybridized carbons (Fsp3) is 0.400. The molecule has 2 atom stereocenters. The summed E-state index contributed by atoms with van der Waals surface area (Å²) in [6.07, 6.45) is -0.967. The van der Waals surface area contributed by atoms with Crippen LogP contribution in [0.1, 0.15) is 54.5 Å². The highest BCUT2D eigenvalue weighted by atomic mass is 19.4. The molecule has 0 aliphatic carbocycles. The van der Waals surface area contributed by atoms with Crippen LogP contribution in [-0.4, -0.2) is 52.9 Å². The number of aromatic amines is 1. The van der Waals surface area contributed by atoms with E-state index >= 15 is 0 Å². The monoisotopic (exact) mass is 580 g/mol. The molecule has 9 nitrogen and oxygen atoms in total. The zero-order chi connectivity index (χ0) is 30.2. The minimum Gasteiger partial charge on any atom is -0.466 e. The molecule has 42 heavy (non-hydrogen) atoms. The van der Waals surface area contributed by atoms with Crippen LogP contribution in [0.25, 0.3) is 0 Å². The van der Waals surface area contributed by atoms with E-state index in [-0.39, 0.29) is 22.9 Å². The highest BCUT2D eigenvalue weighted by Gasteiger charge is 2.41. The lowest BCUT2D eigenvalue weighted by Gasteiger charge is -2.36. The number of ether oxygens (including phenoxy) is 1. The highest BCUT2D eigenvalue weighted by molar-refractivity contribution is 5.93. The molecule has 220 valence electrons. The number of nitrogens with zero attached hydrogens (tertiary/aromatic N) is 5. The van der Waals surface area contributed by atoms with Crippen molar-refractivity contribution < 1.29 is 22.7 Å². The maximum atomic E-state index is 13.6. The summed E-state index contributed by atoms with van der Waals surface area (Å²) in [5.74, 6) is -0.259. The highest BCUT2D eigenvalue weighted by Crippen LogP contribution is 2.44. The topological polar surface area (TPSA) is 107 Å². The Kier molecular flexibility index (Phi) is 7.97. The molecule has 3 heterocycles. The van der Waals surface area contributed by atoms with Crippen LogP contribution in [0.4, 0.5) is 24.8 Å². The van der Waals surface area contributed by atoms with Crippen molar-refractivity contribution >= 4 is 17.6 Å². The van der Waals surface area contributed by atoms with Crippen LogP contribution in [-0.2, 0) is 22.1 Å². The minimum atomic E-state index is -4.60. The Balaban J connectivity index is 1.67. The van der Waals surface area contributed by atoms with Gasteiger partial charge in [-0.3, -0.25) is 4.90 Å². The second-order valence-electron chi connectivity index (χ2n) is 10.8. The molecule has 0 bridgehead atoms. The van der Waals surface area contributed by atoms with E-state index in [0.29, 0.717) is 23.5 Å². The number of carbonyl (C=O) groups is 1. The number of methoxy groups -OCH3 is 1. The number of esters is 1. The van der Waals surface area contributed by atoms with Gasteiger partial charge in [0, 0.05) is 17.9 Å². The fourth-order valence-corrected chi connectivity index (χ4v) is 6.11. The van der Waals surface area contributed by atoms with Crippen molar-refractivity contribution in [3.05, 3.63) is 86.5 Å². The summed E-state index contributed by atoms with van der Waals surface area (Å²) >= 11 is 0. The van der Waals surface area contributed by atoms with Crippen molar-refractivity contribution in [3.8, 4) is 6.07 Å². The molecule has 1 aromatic heterocycles. The first kappa shape index (κ1) is 29.1. The van der Waals surface area contributed by atoms with Crippen molar-refractivity contribution in [1.29, 1.82) is 5.26 Å². The molecule has 0 radical (unpaired) electrons. The second kappa shape index (κ2) is 11.5. The number of allylic oxidation sites excluding steroid dienone is 1. The number of nitriles is 1. The summed E-state index contributed by atoms with van der Waals surface area (Å²) in [4.78, 5) is 30.3. The van der Waals surface area contributed by atoms with E-state index in [0.717, 1.165) is 50.0 Å². The van der Waals surface area contributed by atoms with Gasteiger partial charge in [-0.2, -0.15) is 18.4 Å². The Labute approximate surface area is 240 Å². The first-order chi connectivity index (χ1) is 20.0. The number of benzene rings is 2. The lowest BCUT2D eigenvalue weighted by atomic mass is 9.86. The van der Waals surface area contributed by atoms with Gasteiger partial charge in [0.25, 0.3) is 0 Å². The third kappa shape index (κ3) is 5.44. The Morgan fingerprint density at radius 1 is 1.24 bits per heavy atom. The molecule has 1 unspecified atom stereocenters. The molecule has 1 fully saturated rings. The van der Waals surface area contributed by atoms with Gasteiger partial charge in [0.1, 0.15) is 6.04 Å². The lowest BCUT2D eigenvalue weighted by molar-refractivity contribution is -0.138. The van der Waals surface area contributed by atoms with E-state index in [9.17, 15) is 28.0 Å². The number of likely N-dealkylation sites (tertiary alicyclic amines) is 1. The SMILES string of the molecule is COC(=O)C1=C(C)N(c2cccc(C(F)(F)F)c2)c2n[nH]c(=O)n2[C@@H]1c1ccc(C#N)cc1CCC1CCCN(C)C1. The van der Waals surface area contributed by atoms with E-state index in [2.05, 4.69) is 28.2 Å². The van der Waals surface area contributed by atoms with Gasteiger partial charge in [-0.1, -0.05) is 12.1 Å². The Hall–Kier alpha value is -4.37. The van der Waals surface area contributed by atoms with Crippen LogP contribution in [0.5, 0.6) is 0 Å². The average Bonchev–Trinajstić information content (AvgIpc) is 3.35. The van der Waals surface area contributed by atoms with Gasteiger partial charge in [0.2, 0.25) is 5.95 Å². The number of rotatable bonds is 6. The summed E-state index contributed by atoms with van der Waals surface area (Å²) in [7, 11) is 3.30. The number of halogens is 3. The normalized spacial score (nSPS) is 19.4. The minimum absolute atomic E-state index is 0.0266. The van der Waals surface area contributed by atoms with Gasteiger partial charge in [-0.25, -0.2) is 19.3 Å². The van der Waals surface area contributed by atoms with Gasteiger partial charge in [-0.15, -0.1) is 5.10 Å². The quantitative estimate of drug-likeness (QED) is 0.413. The molecule has 3 aromatic rings. The molecule has 2 aromatic carbocycles. The molecule has 2 aliphatic heterocycles. The van der Waals surface area contributed by atoms with Crippen LogP contribution in [0, 0.1) is 17.2 Å². The first-order valence-electron chi connectivity index (χ1n) is 13.7. The van der Waals surface area contributed by atoms with Crippen molar-refractivity contribution in [3.63, 3.8) is 0 Å². The third-order valence-corrected chi connectivity index (χ3v) is 8.09. The molecular formula is C30H31F3N6O3. The van der Waals surface area contributed by atoms with E-state index in [4.69, 9.17) is 4.74 Å². The Bertz CT molecular complexity index is 1630. The molecule has 0 amide bonds. The van der Waals surface area contributed by atoms with Gasteiger partial charge in [-0.05, 0) is 93.6 Å². The molecule has 0 saturated carbocycles. The summed E-state index contributed by atoms with van der Waals surface area (Å²) in [5, 5.41) is 16.2. The molecule has 1 saturated heterocycles. The average molecular weight is 581 g/mol. The maximum Gasteiger partial charge on any atom is 0.416 e. The van der Waals surface area contributed by atoms with Crippen LogP contribution >= 0.6 is 0 Å². The molecule has 12 heteroatoms. The van der Waals surface area contributed by atoms with E-state index < -0.39 is 29.4 Å². The molecule has 2 aliphatic rings. The number of alkyl halides is 3. The number of hydrogen-bond donors (Lipinski definition) is 1. The van der Waals surface area contributed by atoms with Crippen molar-refractivity contribution in [1.82, 2.24) is 19.7 Å². The number of carbonyl (C=O) groups excluding carboxylic acids is 1. The van der Waals surface area contributed by atoms with Gasteiger partial charge >= 0.3 is 17.8 Å². The van der Waals surface area contributed by atoms with Crippen molar-refractivity contribution in [2.45, 2.75) is 44.8 Å². The summed E-state index contributed by atoms with van der Waals surface area (Å²) < 4.78 is 47.2. The lowest BCUT2D eigenvalue weighted by Crippen LogP contribution is -2.38. The van der Waals surface area contributed by atoms with Crippen LogP contribution in [0.3, 0.4) is 0 Å². The van der Waals surface area contributed by atoms with Gasteiger partial charge in [0.15, 0.2) is 0 Å². The predicted molar refractivity (Wildman–Crippen MR) is 149 cm³/mol. The Morgan fingerprint density at radius 2 is 2.02 bits per heavy atom. The maximum absolute atomic E-state index is 13.6. The van der Waals surface area contributed by atoms with E-state index in [1.807, 2.05) is 0 Å². The second-order valence-corrected chi connectivity index (χ2v) is 10.8. The summed E-state index contributed by atoms with van der Waals surface area (Å²) in [5.41, 5.74) is 0.738. The molecular weight excluding hydrogens is 549 g/mol. The standard InChI is InChI=1S/C30H31F3N6O3/c1-18-25(27(40)42-3)26(24-12-10-20(16-34)14-21(24)11-9-19-6-5-13-37(2)17-19)39-28(35-36-29(39)41)38(18)23-8-4-7-22(15-23)30(31,32)33/h4,7-8,10,12,14-15,19,26H,5-6,9,11,13,17H2,1-3H3,(H,36,41)/t19?,26-/m1/s1. The van der Waals surface area contributed by atoms with E-state index in [1.54, 1.807) is 25.1 Å². The summed E-state index contributed by atoms with van der Waals surface area (Å²) in [6, 6.07) is 10.9. The zero-order valence-corrected chi connectivity index (χ0v) is 23.5. The Morgan fingerprint density at radius 3 is 2.71 bits per heavy atom. The predicted octanol–water partition coefficient (Wildman–Crippen LogP) is 4.92. The van der Waals surface area contributed by atoms with Crippen molar-refractivity contribution in [2.24, 2.45) is 5.92 Å². The number of fused-ring (bicyclic) bond motifs is 1. The third-order valence-electron chi connectivity index (χ3n) is 8.09.